The number of hydrogen-bond acceptors (Lipinski definition) is 9. The van der Waals surface area contributed by atoms with Gasteiger partial charge in [0.05, 0.1) is 39.0 Å². The van der Waals surface area contributed by atoms with E-state index in [4.69, 9.17) is 24.7 Å². The summed E-state index contributed by atoms with van der Waals surface area (Å²) in [6.07, 6.45) is 0. The van der Waals surface area contributed by atoms with Crippen LogP contribution in [0.3, 0.4) is 0 Å². The fraction of sp³-hybridized carbons (Fsp3) is 0.211. The first-order valence-electron chi connectivity index (χ1n) is 8.13. The molecule has 0 spiro atoms. The van der Waals surface area contributed by atoms with Crippen molar-refractivity contribution in [3.05, 3.63) is 35.0 Å². The summed E-state index contributed by atoms with van der Waals surface area (Å²) in [6.45, 7) is 0. The summed E-state index contributed by atoms with van der Waals surface area (Å²) in [5.74, 6) is 2.17. The van der Waals surface area contributed by atoms with Crippen LogP contribution in [0, 0.1) is 0 Å². The number of nitrogens with two attached hydrogens (primary N) is 1. The molecule has 0 saturated heterocycles. The molecule has 0 bridgehead atoms. The molecule has 0 fully saturated rings. The second-order valence-corrected chi connectivity index (χ2v) is 7.77. The van der Waals surface area contributed by atoms with Crippen LogP contribution in [-0.2, 0) is 0 Å². The number of nitrogens with zero attached hydrogens (tertiary/aromatic N) is 1. The quantitative estimate of drug-likeness (QED) is 0.270. The van der Waals surface area contributed by atoms with Gasteiger partial charge in [-0.15, -0.1) is 0 Å². The second kappa shape index (κ2) is 8.41. The zero-order valence-electron chi connectivity index (χ0n) is 15.8. The average molecular weight is 421 g/mol. The van der Waals surface area contributed by atoms with Crippen LogP contribution in [0.25, 0.3) is 21.6 Å². The molecule has 0 unspecified atom stereocenters. The van der Waals surface area contributed by atoms with Gasteiger partial charge in [0.2, 0.25) is 5.75 Å². The van der Waals surface area contributed by atoms with E-state index in [2.05, 4.69) is 5.16 Å². The molecule has 7 nitrogen and oxygen atoms in total. The molecule has 1 heterocycles. The average Bonchev–Trinajstić information content (AvgIpc) is 3.16. The number of benzene rings is 2. The van der Waals surface area contributed by atoms with E-state index in [1.165, 1.54) is 20.7 Å². The predicted molar refractivity (Wildman–Crippen MR) is 111 cm³/mol. The summed E-state index contributed by atoms with van der Waals surface area (Å²) in [5, 5.41) is 13.0. The lowest BCUT2D eigenvalue weighted by molar-refractivity contribution is 0.304. The number of nitrogen functional groups attached to an aromatic ring is 1. The molecule has 0 saturated carbocycles. The fourth-order valence-electron chi connectivity index (χ4n) is 2.88. The minimum atomic E-state index is 0.485. The summed E-state index contributed by atoms with van der Waals surface area (Å²) >= 11 is 0. The SMILES string of the molecule is COc1ccc(-c2c(-c3cc(OC)c(OC)c(OC)c3)ss/c2=N/O)cc1N. The van der Waals surface area contributed by atoms with Crippen molar-refractivity contribution < 1.29 is 24.2 Å². The Morgan fingerprint density at radius 1 is 0.821 bits per heavy atom. The molecule has 0 aliphatic rings. The van der Waals surface area contributed by atoms with E-state index in [0.717, 1.165) is 21.6 Å². The van der Waals surface area contributed by atoms with Crippen molar-refractivity contribution >= 4 is 26.4 Å². The van der Waals surface area contributed by atoms with Crippen LogP contribution in [0.1, 0.15) is 0 Å². The number of anilines is 1. The monoisotopic (exact) mass is 420 g/mol. The van der Waals surface area contributed by atoms with Gasteiger partial charge >= 0.3 is 0 Å². The van der Waals surface area contributed by atoms with E-state index in [-0.39, 0.29) is 0 Å². The molecule has 9 heteroatoms. The minimum Gasteiger partial charge on any atom is -0.495 e. The van der Waals surface area contributed by atoms with Crippen molar-refractivity contribution in [1.29, 1.82) is 0 Å². The Hall–Kier alpha value is -2.91. The molecule has 0 aliphatic heterocycles. The maximum atomic E-state index is 9.51. The van der Waals surface area contributed by atoms with Crippen molar-refractivity contribution in [2.75, 3.05) is 34.2 Å². The molecule has 1 aromatic heterocycles. The Balaban J connectivity index is 2.25. The molecular weight excluding hydrogens is 400 g/mol. The summed E-state index contributed by atoms with van der Waals surface area (Å²) in [7, 11) is 9.09. The largest absolute Gasteiger partial charge is 0.495 e. The normalized spacial score (nSPS) is 11.4. The highest BCUT2D eigenvalue weighted by molar-refractivity contribution is 7.70. The minimum absolute atomic E-state index is 0.485. The smallest absolute Gasteiger partial charge is 0.203 e. The Morgan fingerprint density at radius 2 is 1.46 bits per heavy atom. The summed E-state index contributed by atoms with van der Waals surface area (Å²) in [5.41, 5.74) is 9.00. The molecule has 0 atom stereocenters. The van der Waals surface area contributed by atoms with Gasteiger partial charge in [-0.1, -0.05) is 31.9 Å². The highest BCUT2D eigenvalue weighted by Gasteiger charge is 2.20. The Morgan fingerprint density at radius 3 is 1.96 bits per heavy atom. The first-order valence-corrected chi connectivity index (χ1v) is 10.3. The highest BCUT2D eigenvalue weighted by atomic mass is 32.9. The lowest BCUT2D eigenvalue weighted by atomic mass is 10.0. The van der Waals surface area contributed by atoms with Crippen molar-refractivity contribution in [1.82, 2.24) is 0 Å². The Kier molecular flexibility index (Phi) is 5.96. The van der Waals surface area contributed by atoms with Crippen molar-refractivity contribution in [3.8, 4) is 44.6 Å². The molecule has 2 aromatic carbocycles. The summed E-state index contributed by atoms with van der Waals surface area (Å²) in [6, 6.07) is 9.17. The van der Waals surface area contributed by atoms with Gasteiger partial charge in [-0.3, -0.25) is 0 Å². The van der Waals surface area contributed by atoms with Crippen molar-refractivity contribution in [2.45, 2.75) is 0 Å². The highest BCUT2D eigenvalue weighted by Crippen LogP contribution is 2.45. The van der Waals surface area contributed by atoms with E-state index in [1.54, 1.807) is 40.6 Å². The zero-order chi connectivity index (χ0) is 20.3. The second-order valence-electron chi connectivity index (χ2n) is 5.65. The number of hydrogen-bond donors (Lipinski definition) is 2. The van der Waals surface area contributed by atoms with E-state index in [9.17, 15) is 5.21 Å². The van der Waals surface area contributed by atoms with Crippen molar-refractivity contribution in [3.63, 3.8) is 0 Å². The molecule has 3 N–H and O–H groups in total. The van der Waals surface area contributed by atoms with Gasteiger partial charge in [-0.25, -0.2) is 0 Å². The van der Waals surface area contributed by atoms with E-state index in [0.29, 0.717) is 33.4 Å². The molecule has 148 valence electrons. The molecular formula is C19H20N2O5S2. The lowest BCUT2D eigenvalue weighted by Crippen LogP contribution is -2.01. The third-order valence-corrected chi connectivity index (χ3v) is 6.54. The molecule has 0 aliphatic carbocycles. The van der Waals surface area contributed by atoms with Crippen LogP contribution >= 0.6 is 20.7 Å². The zero-order valence-corrected chi connectivity index (χ0v) is 17.4. The van der Waals surface area contributed by atoms with E-state index >= 15 is 0 Å². The van der Waals surface area contributed by atoms with Gasteiger partial charge in [-0.05, 0) is 29.8 Å². The topological polar surface area (TPSA) is 95.5 Å². The Bertz CT molecular complexity index is 1030. The van der Waals surface area contributed by atoms with Gasteiger partial charge in [0.15, 0.2) is 16.2 Å². The molecule has 3 aromatic rings. The van der Waals surface area contributed by atoms with Crippen LogP contribution < -0.4 is 29.4 Å². The van der Waals surface area contributed by atoms with Crippen molar-refractivity contribution in [2.24, 2.45) is 5.16 Å². The van der Waals surface area contributed by atoms with Crippen LogP contribution in [0.2, 0.25) is 0 Å². The van der Waals surface area contributed by atoms with Crippen LogP contribution in [0.4, 0.5) is 5.69 Å². The standard InChI is InChI=1S/C19H20N2O5S2/c1-23-13-6-5-10(7-12(13)20)16-18(27-28-19(16)21-22)11-8-14(24-2)17(26-4)15(9-11)25-3/h5-9,22H,20H2,1-4H3/b21-19+. The summed E-state index contributed by atoms with van der Waals surface area (Å²) < 4.78 is 22.0. The third kappa shape index (κ3) is 3.46. The lowest BCUT2D eigenvalue weighted by Gasteiger charge is -2.14. The van der Waals surface area contributed by atoms with E-state index in [1.807, 2.05) is 18.2 Å². The van der Waals surface area contributed by atoms with Crippen LogP contribution in [0.5, 0.6) is 23.0 Å². The molecule has 0 radical (unpaired) electrons. The number of rotatable bonds is 6. The third-order valence-electron chi connectivity index (χ3n) is 4.18. The molecule has 0 amide bonds. The molecule has 28 heavy (non-hydrogen) atoms. The van der Waals surface area contributed by atoms with Crippen LogP contribution in [0.15, 0.2) is 35.5 Å². The van der Waals surface area contributed by atoms with Gasteiger partial charge in [-0.2, -0.15) is 0 Å². The molecule has 3 rings (SSSR count). The van der Waals surface area contributed by atoms with Gasteiger partial charge in [0.1, 0.15) is 5.75 Å². The number of methoxy groups -OCH3 is 4. The predicted octanol–water partition coefficient (Wildman–Crippen LogP) is 4.05. The van der Waals surface area contributed by atoms with E-state index < -0.39 is 0 Å². The fourth-order valence-corrected chi connectivity index (χ4v) is 5.33. The van der Waals surface area contributed by atoms with Crippen LogP contribution in [-0.4, -0.2) is 33.6 Å². The first-order chi connectivity index (χ1) is 13.6. The van der Waals surface area contributed by atoms with Gasteiger partial charge in [0, 0.05) is 11.1 Å². The maximum absolute atomic E-state index is 9.51. The summed E-state index contributed by atoms with van der Waals surface area (Å²) in [4.78, 5) is 0.890. The Labute approximate surface area is 169 Å². The number of ether oxygens (including phenoxy) is 4. The van der Waals surface area contributed by atoms with Gasteiger partial charge in [0.25, 0.3) is 0 Å². The maximum Gasteiger partial charge on any atom is 0.203 e. The van der Waals surface area contributed by atoms with Gasteiger partial charge < -0.3 is 29.9 Å². The first kappa shape index (κ1) is 19.8.